The molecule has 10 heteroatoms. The van der Waals surface area contributed by atoms with Gasteiger partial charge in [0.25, 0.3) is 5.91 Å². The van der Waals surface area contributed by atoms with Crippen LogP contribution in [0.4, 0.5) is 5.69 Å². The summed E-state index contributed by atoms with van der Waals surface area (Å²) in [5.41, 5.74) is 3.05. The van der Waals surface area contributed by atoms with Gasteiger partial charge in [0.2, 0.25) is 15.9 Å². The molecule has 42 heavy (non-hydrogen) atoms. The van der Waals surface area contributed by atoms with Crippen molar-refractivity contribution in [3.05, 3.63) is 124 Å². The van der Waals surface area contributed by atoms with Crippen molar-refractivity contribution < 1.29 is 22.7 Å². The average Bonchev–Trinajstić information content (AvgIpc) is 3.00. The number of amides is 2. The molecule has 216 valence electrons. The molecule has 5 rings (SSSR count). The molecule has 1 heterocycles. The van der Waals surface area contributed by atoms with E-state index in [0.717, 1.165) is 21.2 Å². The van der Waals surface area contributed by atoms with Gasteiger partial charge >= 0.3 is 0 Å². The Morgan fingerprint density at radius 1 is 0.905 bits per heavy atom. The normalized spacial score (nSPS) is 14.6. The molecule has 4 aromatic rings. The van der Waals surface area contributed by atoms with E-state index < -0.39 is 28.6 Å². The minimum atomic E-state index is -4.04. The SMILES string of the molecule is Cc1ccc(S(=O)(=O)N(CC(=O)N2CC(C(=O)NCc3ccccc3)Oc3ccccc32)Cc2ccc(Br)cc2)cc1. The smallest absolute Gasteiger partial charge is 0.263 e. The third-order valence-electron chi connectivity index (χ3n) is 6.92. The second-order valence-electron chi connectivity index (χ2n) is 9.99. The number of carbonyl (C=O) groups excluding carboxylic acids is 2. The highest BCUT2D eigenvalue weighted by Crippen LogP contribution is 2.34. The summed E-state index contributed by atoms with van der Waals surface area (Å²) in [6.45, 7) is 1.68. The van der Waals surface area contributed by atoms with Gasteiger partial charge in [0, 0.05) is 17.6 Å². The molecule has 1 unspecified atom stereocenters. The molecular weight excluding hydrogens is 618 g/mol. The van der Waals surface area contributed by atoms with E-state index in [1.807, 2.05) is 61.5 Å². The largest absolute Gasteiger partial charge is 0.477 e. The van der Waals surface area contributed by atoms with E-state index in [1.165, 1.54) is 9.21 Å². The lowest BCUT2D eigenvalue weighted by Crippen LogP contribution is -2.52. The van der Waals surface area contributed by atoms with Crippen molar-refractivity contribution in [1.82, 2.24) is 9.62 Å². The Kier molecular flexibility index (Phi) is 9.06. The van der Waals surface area contributed by atoms with Crippen LogP contribution in [0.3, 0.4) is 0 Å². The van der Waals surface area contributed by atoms with Crippen LogP contribution in [0, 0.1) is 6.92 Å². The van der Waals surface area contributed by atoms with Gasteiger partial charge in [-0.05, 0) is 54.4 Å². The summed E-state index contributed by atoms with van der Waals surface area (Å²) >= 11 is 3.41. The van der Waals surface area contributed by atoms with Crippen LogP contribution >= 0.6 is 15.9 Å². The van der Waals surface area contributed by atoms with Gasteiger partial charge in [-0.3, -0.25) is 9.59 Å². The van der Waals surface area contributed by atoms with Crippen molar-refractivity contribution in [2.45, 2.75) is 31.0 Å². The molecule has 0 saturated heterocycles. The van der Waals surface area contributed by atoms with Crippen molar-refractivity contribution in [3.8, 4) is 5.75 Å². The number of hydrogen-bond donors (Lipinski definition) is 1. The molecule has 0 saturated carbocycles. The van der Waals surface area contributed by atoms with Crippen LogP contribution in [0.1, 0.15) is 16.7 Å². The fourth-order valence-electron chi connectivity index (χ4n) is 4.62. The fourth-order valence-corrected chi connectivity index (χ4v) is 6.26. The fraction of sp³-hybridized carbons (Fsp3) is 0.188. The van der Waals surface area contributed by atoms with Gasteiger partial charge in [0.1, 0.15) is 5.75 Å². The zero-order valence-corrected chi connectivity index (χ0v) is 25.3. The molecule has 1 aliphatic rings. The highest BCUT2D eigenvalue weighted by Gasteiger charge is 2.36. The molecule has 0 fully saturated rings. The summed E-state index contributed by atoms with van der Waals surface area (Å²) in [5.74, 6) is -0.470. The van der Waals surface area contributed by atoms with E-state index >= 15 is 0 Å². The minimum absolute atomic E-state index is 0.0117. The zero-order valence-electron chi connectivity index (χ0n) is 22.9. The Labute approximate surface area is 254 Å². The summed E-state index contributed by atoms with van der Waals surface area (Å²) < 4.78 is 35.7. The maximum atomic E-state index is 13.9. The number of halogens is 1. The van der Waals surface area contributed by atoms with Crippen LogP contribution in [0.15, 0.2) is 112 Å². The van der Waals surface area contributed by atoms with E-state index in [1.54, 1.807) is 48.5 Å². The number of benzene rings is 4. The first-order valence-electron chi connectivity index (χ1n) is 13.4. The van der Waals surface area contributed by atoms with Crippen molar-refractivity contribution in [1.29, 1.82) is 0 Å². The quantitative estimate of drug-likeness (QED) is 0.274. The van der Waals surface area contributed by atoms with Gasteiger partial charge in [-0.2, -0.15) is 4.31 Å². The van der Waals surface area contributed by atoms with Crippen LogP contribution in [-0.4, -0.2) is 43.7 Å². The second kappa shape index (κ2) is 12.9. The number of carbonyl (C=O) groups is 2. The highest BCUT2D eigenvalue weighted by atomic mass is 79.9. The lowest BCUT2D eigenvalue weighted by Gasteiger charge is -2.35. The first-order chi connectivity index (χ1) is 20.2. The summed E-state index contributed by atoms with van der Waals surface area (Å²) in [7, 11) is -4.04. The third-order valence-corrected chi connectivity index (χ3v) is 9.25. The highest BCUT2D eigenvalue weighted by molar-refractivity contribution is 9.10. The van der Waals surface area contributed by atoms with Crippen molar-refractivity contribution in [2.75, 3.05) is 18.0 Å². The Balaban J connectivity index is 1.40. The van der Waals surface area contributed by atoms with E-state index in [4.69, 9.17) is 4.74 Å². The standard InChI is InChI=1S/C32H30BrN3O5S/c1-23-11-17-27(18-12-23)42(39,40)35(20-25-13-15-26(33)16-14-25)22-31(37)36-21-30(41-29-10-6-5-9-28(29)36)32(38)34-19-24-7-3-2-4-8-24/h2-18,30H,19-22H2,1H3,(H,34,38). The average molecular weight is 649 g/mol. The van der Waals surface area contributed by atoms with Gasteiger partial charge in [-0.25, -0.2) is 8.42 Å². The minimum Gasteiger partial charge on any atom is -0.477 e. The Morgan fingerprint density at radius 2 is 1.57 bits per heavy atom. The molecule has 0 spiro atoms. The van der Waals surface area contributed by atoms with Crippen LogP contribution in [0.2, 0.25) is 0 Å². The zero-order chi connectivity index (χ0) is 29.7. The number of aryl methyl sites for hydroxylation is 1. The lowest BCUT2D eigenvalue weighted by molar-refractivity contribution is -0.128. The van der Waals surface area contributed by atoms with E-state index in [2.05, 4.69) is 21.2 Å². The molecule has 1 aliphatic heterocycles. The number of nitrogens with zero attached hydrogens (tertiary/aromatic N) is 2. The van der Waals surface area contributed by atoms with E-state index in [9.17, 15) is 18.0 Å². The van der Waals surface area contributed by atoms with Gasteiger partial charge in [0.15, 0.2) is 6.10 Å². The number of ether oxygens (including phenoxy) is 1. The predicted octanol–water partition coefficient (Wildman–Crippen LogP) is 5.06. The second-order valence-corrected chi connectivity index (χ2v) is 12.8. The number of hydrogen-bond acceptors (Lipinski definition) is 5. The number of sulfonamides is 1. The molecule has 0 aliphatic carbocycles. The number of fused-ring (bicyclic) bond motifs is 1. The van der Waals surface area contributed by atoms with Gasteiger partial charge in [-0.1, -0.05) is 88.2 Å². The van der Waals surface area contributed by atoms with Gasteiger partial charge in [-0.15, -0.1) is 0 Å². The summed E-state index contributed by atoms with van der Waals surface area (Å²) in [6, 6.07) is 30.2. The molecule has 8 nitrogen and oxygen atoms in total. The molecule has 0 aromatic heterocycles. The van der Waals surface area contributed by atoms with E-state index in [-0.39, 0.29) is 23.9 Å². The van der Waals surface area contributed by atoms with Crippen LogP contribution in [-0.2, 0) is 32.7 Å². The maximum Gasteiger partial charge on any atom is 0.263 e. The number of nitrogens with one attached hydrogen (secondary N) is 1. The predicted molar refractivity (Wildman–Crippen MR) is 164 cm³/mol. The molecule has 1 atom stereocenters. The summed E-state index contributed by atoms with van der Waals surface area (Å²) in [6.07, 6.45) is -0.971. The third kappa shape index (κ3) is 6.89. The Hall–Kier alpha value is -3.99. The first kappa shape index (κ1) is 29.5. The van der Waals surface area contributed by atoms with Crippen molar-refractivity contribution in [2.24, 2.45) is 0 Å². The van der Waals surface area contributed by atoms with Gasteiger partial charge < -0.3 is 15.0 Å². The molecule has 1 N–H and O–H groups in total. The molecule has 0 bridgehead atoms. The lowest BCUT2D eigenvalue weighted by atomic mass is 10.1. The van der Waals surface area contributed by atoms with Crippen LogP contribution in [0.5, 0.6) is 5.75 Å². The van der Waals surface area contributed by atoms with Crippen molar-refractivity contribution in [3.63, 3.8) is 0 Å². The molecule has 4 aromatic carbocycles. The maximum absolute atomic E-state index is 13.9. The van der Waals surface area contributed by atoms with Gasteiger partial charge in [0.05, 0.1) is 23.7 Å². The summed E-state index contributed by atoms with van der Waals surface area (Å²) in [4.78, 5) is 28.6. The molecule has 2 amide bonds. The molecular formula is C32H30BrN3O5S. The first-order valence-corrected chi connectivity index (χ1v) is 15.6. The van der Waals surface area contributed by atoms with Crippen LogP contribution in [0.25, 0.3) is 0 Å². The topological polar surface area (TPSA) is 96.0 Å². The Morgan fingerprint density at radius 3 is 2.29 bits per heavy atom. The van der Waals surface area contributed by atoms with E-state index in [0.29, 0.717) is 18.0 Å². The Bertz CT molecular complexity index is 1660. The van der Waals surface area contributed by atoms with Crippen LogP contribution < -0.4 is 15.0 Å². The van der Waals surface area contributed by atoms with Crippen molar-refractivity contribution >= 4 is 43.5 Å². The summed E-state index contributed by atoms with van der Waals surface area (Å²) in [5, 5.41) is 2.88. The monoisotopic (exact) mass is 647 g/mol. The number of para-hydroxylation sites is 2. The number of anilines is 1. The molecule has 0 radical (unpaired) electrons. The number of rotatable bonds is 9.